The Morgan fingerprint density at radius 1 is 0.952 bits per heavy atom. The van der Waals surface area contributed by atoms with Crippen LogP contribution in [0.2, 0.25) is 6.04 Å². The van der Waals surface area contributed by atoms with Gasteiger partial charge in [-0.05, 0) is 45.2 Å². The summed E-state index contributed by atoms with van der Waals surface area (Å²) in [6.45, 7) is 10.0. The molecule has 0 radical (unpaired) electrons. The molecule has 0 aromatic heterocycles. The fourth-order valence-corrected chi connectivity index (χ4v) is 5.15. The number of halogens is 1. The van der Waals surface area contributed by atoms with E-state index in [4.69, 9.17) is 13.3 Å². The lowest BCUT2D eigenvalue weighted by Gasteiger charge is -2.28. The molecule has 0 fully saturated rings. The predicted molar refractivity (Wildman–Crippen MR) is 92.9 cm³/mol. The summed E-state index contributed by atoms with van der Waals surface area (Å²) in [6.07, 6.45) is 0.920. The van der Waals surface area contributed by atoms with Crippen molar-refractivity contribution in [2.75, 3.05) is 19.8 Å². The maximum Gasteiger partial charge on any atom is 0.501 e. The van der Waals surface area contributed by atoms with Gasteiger partial charge >= 0.3 is 8.80 Å². The SMILES string of the molecule is CCO[Si](CCc1ccc(C(C)Br)cc1)(OCC)OCC. The highest BCUT2D eigenvalue weighted by Gasteiger charge is 2.39. The van der Waals surface area contributed by atoms with E-state index < -0.39 is 8.80 Å². The van der Waals surface area contributed by atoms with E-state index >= 15 is 0 Å². The Balaban J connectivity index is 2.70. The monoisotopic (exact) mass is 374 g/mol. The van der Waals surface area contributed by atoms with Gasteiger partial charge in [0, 0.05) is 30.7 Å². The Morgan fingerprint density at radius 2 is 1.43 bits per heavy atom. The second-order valence-corrected chi connectivity index (χ2v) is 8.95. The van der Waals surface area contributed by atoms with E-state index in [1.54, 1.807) is 0 Å². The molecule has 0 saturated heterocycles. The molecule has 0 aliphatic heterocycles. The summed E-state index contributed by atoms with van der Waals surface area (Å²) in [5, 5.41) is 0. The fraction of sp³-hybridized carbons (Fsp3) is 0.625. The van der Waals surface area contributed by atoms with Crippen molar-refractivity contribution in [1.29, 1.82) is 0 Å². The maximum absolute atomic E-state index is 5.88. The van der Waals surface area contributed by atoms with Gasteiger partial charge in [-0.25, -0.2) is 0 Å². The van der Waals surface area contributed by atoms with E-state index in [0.717, 1.165) is 12.5 Å². The molecular weight excluding hydrogens is 348 g/mol. The van der Waals surface area contributed by atoms with Crippen molar-refractivity contribution >= 4 is 24.7 Å². The van der Waals surface area contributed by atoms with Gasteiger partial charge in [0.05, 0.1) is 0 Å². The third-order valence-corrected chi connectivity index (χ3v) is 6.83. The van der Waals surface area contributed by atoms with Crippen molar-refractivity contribution in [2.24, 2.45) is 0 Å². The smallest absolute Gasteiger partial charge is 0.374 e. The number of hydrogen-bond donors (Lipinski definition) is 0. The van der Waals surface area contributed by atoms with E-state index in [2.05, 4.69) is 47.1 Å². The molecule has 0 aliphatic carbocycles. The minimum absolute atomic E-state index is 0.385. The molecule has 0 spiro atoms. The van der Waals surface area contributed by atoms with Crippen LogP contribution in [0.5, 0.6) is 0 Å². The first-order chi connectivity index (χ1) is 10.1. The minimum Gasteiger partial charge on any atom is -0.374 e. The molecule has 0 heterocycles. The Bertz CT molecular complexity index is 378. The molecule has 1 rings (SSSR count). The molecule has 3 nitrogen and oxygen atoms in total. The van der Waals surface area contributed by atoms with E-state index in [1.807, 2.05) is 20.8 Å². The first kappa shape index (κ1) is 18.8. The van der Waals surface area contributed by atoms with E-state index in [0.29, 0.717) is 24.6 Å². The summed E-state index contributed by atoms with van der Waals surface area (Å²) in [5.41, 5.74) is 2.59. The molecule has 1 aromatic carbocycles. The zero-order chi connectivity index (χ0) is 15.7. The number of benzene rings is 1. The highest BCUT2D eigenvalue weighted by Crippen LogP contribution is 2.23. The average molecular weight is 375 g/mol. The van der Waals surface area contributed by atoms with Gasteiger partial charge in [0.15, 0.2) is 0 Å². The van der Waals surface area contributed by atoms with Gasteiger partial charge in [0.1, 0.15) is 0 Å². The molecular formula is C16H27BrO3Si. The molecule has 5 heteroatoms. The van der Waals surface area contributed by atoms with Crippen LogP contribution in [0.25, 0.3) is 0 Å². The van der Waals surface area contributed by atoms with Gasteiger partial charge < -0.3 is 13.3 Å². The number of hydrogen-bond acceptors (Lipinski definition) is 3. The van der Waals surface area contributed by atoms with Crippen LogP contribution in [0.4, 0.5) is 0 Å². The zero-order valence-electron chi connectivity index (χ0n) is 13.5. The van der Waals surface area contributed by atoms with Crippen LogP contribution in [0, 0.1) is 0 Å². The average Bonchev–Trinajstić information content (AvgIpc) is 2.46. The van der Waals surface area contributed by atoms with Crippen molar-refractivity contribution < 1.29 is 13.3 Å². The quantitative estimate of drug-likeness (QED) is 0.437. The lowest BCUT2D eigenvalue weighted by molar-refractivity contribution is 0.0714. The van der Waals surface area contributed by atoms with Crippen LogP contribution in [0.15, 0.2) is 24.3 Å². The Labute approximate surface area is 138 Å². The summed E-state index contributed by atoms with van der Waals surface area (Å²) in [5.74, 6) is 0. The van der Waals surface area contributed by atoms with Crippen molar-refractivity contribution in [2.45, 2.75) is 45.0 Å². The first-order valence-corrected chi connectivity index (χ1v) is 10.6. The van der Waals surface area contributed by atoms with E-state index in [9.17, 15) is 0 Å². The molecule has 1 unspecified atom stereocenters. The van der Waals surface area contributed by atoms with Gasteiger partial charge in [0.2, 0.25) is 0 Å². The van der Waals surface area contributed by atoms with Crippen molar-refractivity contribution in [3.05, 3.63) is 35.4 Å². The molecule has 1 atom stereocenters. The van der Waals surface area contributed by atoms with Gasteiger partial charge in [-0.3, -0.25) is 0 Å². The van der Waals surface area contributed by atoms with Gasteiger partial charge in [-0.15, -0.1) is 0 Å². The molecule has 0 N–H and O–H groups in total. The van der Waals surface area contributed by atoms with Crippen LogP contribution in [0.1, 0.15) is 43.6 Å². The molecule has 21 heavy (non-hydrogen) atoms. The highest BCUT2D eigenvalue weighted by molar-refractivity contribution is 9.09. The van der Waals surface area contributed by atoms with Crippen LogP contribution in [-0.2, 0) is 19.7 Å². The van der Waals surface area contributed by atoms with E-state index in [1.165, 1.54) is 11.1 Å². The zero-order valence-corrected chi connectivity index (χ0v) is 16.1. The maximum atomic E-state index is 5.88. The largest absolute Gasteiger partial charge is 0.501 e. The van der Waals surface area contributed by atoms with Crippen LogP contribution >= 0.6 is 15.9 Å². The lowest BCUT2D eigenvalue weighted by Crippen LogP contribution is -2.46. The highest BCUT2D eigenvalue weighted by atomic mass is 79.9. The topological polar surface area (TPSA) is 27.7 Å². The van der Waals surface area contributed by atoms with Crippen LogP contribution in [0.3, 0.4) is 0 Å². The number of rotatable bonds is 10. The summed E-state index contributed by atoms with van der Waals surface area (Å²) in [6, 6.07) is 9.51. The fourth-order valence-electron chi connectivity index (χ4n) is 2.25. The molecule has 1 aromatic rings. The normalized spacial score (nSPS) is 13.4. The predicted octanol–water partition coefficient (Wildman–Crippen LogP) is 4.73. The molecule has 120 valence electrons. The van der Waals surface area contributed by atoms with Crippen LogP contribution < -0.4 is 0 Å². The summed E-state index contributed by atoms with van der Waals surface area (Å²) >= 11 is 3.59. The van der Waals surface area contributed by atoms with Crippen LogP contribution in [-0.4, -0.2) is 28.6 Å². The molecule has 0 bridgehead atoms. The second-order valence-electron chi connectivity index (χ2n) is 4.84. The lowest BCUT2D eigenvalue weighted by atomic mass is 10.1. The summed E-state index contributed by atoms with van der Waals surface area (Å²) in [4.78, 5) is 0.385. The number of alkyl halides is 1. The Kier molecular flexibility index (Phi) is 8.74. The first-order valence-electron chi connectivity index (χ1n) is 7.71. The summed E-state index contributed by atoms with van der Waals surface area (Å²) < 4.78 is 17.6. The molecule has 0 saturated carbocycles. The number of aryl methyl sites for hydroxylation is 1. The van der Waals surface area contributed by atoms with Gasteiger partial charge in [-0.1, -0.05) is 40.2 Å². The van der Waals surface area contributed by atoms with Gasteiger partial charge in [0.25, 0.3) is 0 Å². The molecule has 0 amide bonds. The van der Waals surface area contributed by atoms with Crippen molar-refractivity contribution in [3.8, 4) is 0 Å². The van der Waals surface area contributed by atoms with Gasteiger partial charge in [-0.2, -0.15) is 0 Å². The standard InChI is InChI=1S/C16H27BrO3Si/c1-5-18-21(19-6-2,20-7-3)13-12-15-8-10-16(11-9-15)14(4)17/h8-11,14H,5-7,12-13H2,1-4H3. The second kappa shape index (κ2) is 9.74. The molecule has 0 aliphatic rings. The Hall–Kier alpha value is -0.203. The third kappa shape index (κ3) is 6.20. The Morgan fingerprint density at radius 3 is 1.81 bits per heavy atom. The van der Waals surface area contributed by atoms with E-state index in [-0.39, 0.29) is 0 Å². The van der Waals surface area contributed by atoms with Crippen molar-refractivity contribution in [1.82, 2.24) is 0 Å². The minimum atomic E-state index is -2.52. The van der Waals surface area contributed by atoms with Crippen molar-refractivity contribution in [3.63, 3.8) is 0 Å². The third-order valence-electron chi connectivity index (χ3n) is 3.25. The summed E-state index contributed by atoms with van der Waals surface area (Å²) in [7, 11) is -2.52.